The quantitative estimate of drug-likeness (QED) is 0.404. The van der Waals surface area contributed by atoms with Crippen LogP contribution in [0.4, 0.5) is 5.13 Å². The molecular weight excluding hydrogens is 438 g/mol. The number of hydrogen-bond acceptors (Lipinski definition) is 6. The standard InChI is InChI=1S/C22H20ClN3O2S2/c1-2-28-14-7-8-16-18(13-14)30-22(24-16)26-11-9-25(10-12-26)21(27)20-19(23)15-5-3-4-6-17(15)29-20/h3-8,13H,2,9-12H2,1H3. The van der Waals surface area contributed by atoms with Crippen molar-refractivity contribution in [1.29, 1.82) is 0 Å². The molecule has 2 aromatic carbocycles. The number of anilines is 1. The van der Waals surface area contributed by atoms with E-state index in [-0.39, 0.29) is 5.91 Å². The van der Waals surface area contributed by atoms with E-state index < -0.39 is 0 Å². The summed E-state index contributed by atoms with van der Waals surface area (Å²) < 4.78 is 7.76. The lowest BCUT2D eigenvalue weighted by Crippen LogP contribution is -2.48. The summed E-state index contributed by atoms with van der Waals surface area (Å²) in [5.74, 6) is 0.891. The number of carbonyl (C=O) groups is 1. The maximum atomic E-state index is 13.1. The van der Waals surface area contributed by atoms with E-state index in [4.69, 9.17) is 21.3 Å². The molecule has 8 heteroatoms. The van der Waals surface area contributed by atoms with Crippen molar-refractivity contribution in [3.8, 4) is 5.75 Å². The molecule has 1 aliphatic rings. The molecular formula is C22H20ClN3O2S2. The van der Waals surface area contributed by atoms with Crippen LogP contribution in [0.5, 0.6) is 5.75 Å². The van der Waals surface area contributed by atoms with Crippen LogP contribution in [0, 0.1) is 0 Å². The molecule has 0 bridgehead atoms. The van der Waals surface area contributed by atoms with E-state index in [2.05, 4.69) is 4.90 Å². The van der Waals surface area contributed by atoms with Gasteiger partial charge in [-0.05, 0) is 31.2 Å². The van der Waals surface area contributed by atoms with E-state index in [9.17, 15) is 4.79 Å². The summed E-state index contributed by atoms with van der Waals surface area (Å²) >= 11 is 9.65. The van der Waals surface area contributed by atoms with Gasteiger partial charge in [-0.1, -0.05) is 41.1 Å². The highest BCUT2D eigenvalue weighted by molar-refractivity contribution is 7.22. The molecule has 30 heavy (non-hydrogen) atoms. The number of thiazole rings is 1. The molecule has 0 aliphatic carbocycles. The number of nitrogens with zero attached hydrogens (tertiary/aromatic N) is 3. The Bertz CT molecular complexity index is 1230. The average Bonchev–Trinajstić information content (AvgIpc) is 3.35. The summed E-state index contributed by atoms with van der Waals surface area (Å²) in [5, 5.41) is 2.51. The summed E-state index contributed by atoms with van der Waals surface area (Å²) in [6.07, 6.45) is 0. The first-order valence-electron chi connectivity index (χ1n) is 9.88. The molecule has 0 radical (unpaired) electrons. The fourth-order valence-electron chi connectivity index (χ4n) is 3.68. The number of thiophene rings is 1. The lowest BCUT2D eigenvalue weighted by atomic mass is 10.2. The van der Waals surface area contributed by atoms with Crippen LogP contribution in [0.1, 0.15) is 16.6 Å². The first-order chi connectivity index (χ1) is 14.6. The van der Waals surface area contributed by atoms with E-state index in [1.165, 1.54) is 11.3 Å². The number of hydrogen-bond donors (Lipinski definition) is 0. The zero-order valence-corrected chi connectivity index (χ0v) is 18.8. The molecule has 1 amide bonds. The zero-order chi connectivity index (χ0) is 20.7. The van der Waals surface area contributed by atoms with Crippen molar-refractivity contribution in [2.75, 3.05) is 37.7 Å². The van der Waals surface area contributed by atoms with Crippen LogP contribution in [0.3, 0.4) is 0 Å². The van der Waals surface area contributed by atoms with Crippen molar-refractivity contribution in [3.05, 3.63) is 52.4 Å². The van der Waals surface area contributed by atoms with E-state index in [0.717, 1.165) is 44.3 Å². The zero-order valence-electron chi connectivity index (χ0n) is 16.4. The Labute approximate surface area is 187 Å². The molecule has 2 aromatic heterocycles. The van der Waals surface area contributed by atoms with Gasteiger partial charge >= 0.3 is 0 Å². The second-order valence-corrected chi connectivity index (χ2v) is 9.52. The molecule has 154 valence electrons. The van der Waals surface area contributed by atoms with Crippen LogP contribution in [0.2, 0.25) is 5.02 Å². The molecule has 5 rings (SSSR count). The Morgan fingerprint density at radius 1 is 1.10 bits per heavy atom. The van der Waals surface area contributed by atoms with Gasteiger partial charge in [0.1, 0.15) is 10.6 Å². The summed E-state index contributed by atoms with van der Waals surface area (Å²) in [6.45, 7) is 5.46. The number of piperazine rings is 1. The second kappa shape index (κ2) is 8.06. The highest BCUT2D eigenvalue weighted by atomic mass is 35.5. The van der Waals surface area contributed by atoms with E-state index in [1.54, 1.807) is 11.3 Å². The third-order valence-corrected chi connectivity index (χ3v) is 7.97. The van der Waals surface area contributed by atoms with Gasteiger partial charge in [0.2, 0.25) is 0 Å². The van der Waals surface area contributed by atoms with Gasteiger partial charge in [-0.3, -0.25) is 4.79 Å². The molecule has 0 N–H and O–H groups in total. The molecule has 5 nitrogen and oxygen atoms in total. The molecule has 3 heterocycles. The van der Waals surface area contributed by atoms with Crippen LogP contribution in [0.25, 0.3) is 20.3 Å². The Balaban J connectivity index is 1.30. The first-order valence-corrected chi connectivity index (χ1v) is 11.9. The topological polar surface area (TPSA) is 45.7 Å². The van der Waals surface area contributed by atoms with Crippen LogP contribution < -0.4 is 9.64 Å². The van der Waals surface area contributed by atoms with E-state index in [1.807, 2.05) is 54.3 Å². The van der Waals surface area contributed by atoms with Gasteiger partial charge in [-0.2, -0.15) is 0 Å². The summed E-state index contributed by atoms with van der Waals surface area (Å²) in [7, 11) is 0. The van der Waals surface area contributed by atoms with Crippen LogP contribution >= 0.6 is 34.3 Å². The van der Waals surface area contributed by atoms with Crippen LogP contribution in [-0.2, 0) is 0 Å². The van der Waals surface area contributed by atoms with Gasteiger partial charge in [0.25, 0.3) is 5.91 Å². The van der Waals surface area contributed by atoms with E-state index in [0.29, 0.717) is 29.6 Å². The van der Waals surface area contributed by atoms with Gasteiger partial charge in [-0.15, -0.1) is 11.3 Å². The molecule has 1 fully saturated rings. The smallest absolute Gasteiger partial charge is 0.265 e. The predicted molar refractivity (Wildman–Crippen MR) is 126 cm³/mol. The molecule has 1 aliphatic heterocycles. The second-order valence-electron chi connectivity index (χ2n) is 7.08. The minimum Gasteiger partial charge on any atom is -0.494 e. The fraction of sp³-hybridized carbons (Fsp3) is 0.273. The summed E-state index contributed by atoms with van der Waals surface area (Å²) in [4.78, 5) is 22.6. The Kier molecular flexibility index (Phi) is 5.26. The average molecular weight is 458 g/mol. The van der Waals surface area contributed by atoms with Gasteiger partial charge in [0.05, 0.1) is 21.8 Å². The molecule has 0 spiro atoms. The lowest BCUT2D eigenvalue weighted by Gasteiger charge is -2.34. The van der Waals surface area contributed by atoms with Gasteiger partial charge in [0, 0.05) is 36.3 Å². The summed E-state index contributed by atoms with van der Waals surface area (Å²) in [6, 6.07) is 13.9. The Morgan fingerprint density at radius 3 is 2.67 bits per heavy atom. The minimum atomic E-state index is 0.0199. The SMILES string of the molecule is CCOc1ccc2nc(N3CCN(C(=O)c4sc5ccccc5c4Cl)CC3)sc2c1. The predicted octanol–water partition coefficient (Wildman–Crippen LogP) is 5.53. The number of aromatic nitrogens is 1. The number of fused-ring (bicyclic) bond motifs is 2. The number of halogens is 1. The highest BCUT2D eigenvalue weighted by Gasteiger charge is 2.27. The first kappa shape index (κ1) is 19.6. The Hall–Kier alpha value is -2.35. The van der Waals surface area contributed by atoms with Crippen molar-refractivity contribution in [2.24, 2.45) is 0 Å². The normalized spacial score (nSPS) is 14.6. The van der Waals surface area contributed by atoms with Gasteiger partial charge in [0.15, 0.2) is 5.13 Å². The largest absolute Gasteiger partial charge is 0.494 e. The molecule has 0 unspecified atom stereocenters. The summed E-state index contributed by atoms with van der Waals surface area (Å²) in [5.41, 5.74) is 0.981. The van der Waals surface area contributed by atoms with Crippen molar-refractivity contribution in [1.82, 2.24) is 9.88 Å². The third kappa shape index (κ3) is 3.51. The number of rotatable bonds is 4. The molecule has 0 atom stereocenters. The highest BCUT2D eigenvalue weighted by Crippen LogP contribution is 2.36. The number of ether oxygens (including phenoxy) is 1. The van der Waals surface area contributed by atoms with Gasteiger partial charge < -0.3 is 14.5 Å². The van der Waals surface area contributed by atoms with Crippen molar-refractivity contribution < 1.29 is 9.53 Å². The number of carbonyl (C=O) groups excluding carboxylic acids is 1. The van der Waals surface area contributed by atoms with Crippen LogP contribution in [0.15, 0.2) is 42.5 Å². The van der Waals surface area contributed by atoms with Crippen molar-refractivity contribution >= 4 is 65.6 Å². The molecule has 4 aromatic rings. The third-order valence-electron chi connectivity index (χ3n) is 5.23. The fourth-order valence-corrected chi connectivity index (χ4v) is 6.21. The lowest BCUT2D eigenvalue weighted by molar-refractivity contribution is 0.0752. The maximum Gasteiger partial charge on any atom is 0.265 e. The van der Waals surface area contributed by atoms with Crippen molar-refractivity contribution in [2.45, 2.75) is 6.92 Å². The maximum absolute atomic E-state index is 13.1. The number of benzene rings is 2. The molecule has 1 saturated heterocycles. The molecule has 0 saturated carbocycles. The van der Waals surface area contributed by atoms with Crippen LogP contribution in [-0.4, -0.2) is 48.6 Å². The minimum absolute atomic E-state index is 0.0199. The Morgan fingerprint density at radius 2 is 1.90 bits per heavy atom. The van der Waals surface area contributed by atoms with E-state index >= 15 is 0 Å². The number of amides is 1. The van der Waals surface area contributed by atoms with Crippen molar-refractivity contribution in [3.63, 3.8) is 0 Å². The van der Waals surface area contributed by atoms with Gasteiger partial charge in [-0.25, -0.2) is 4.98 Å². The monoisotopic (exact) mass is 457 g/mol.